The molecule has 2 rings (SSSR count). The van der Waals surface area contributed by atoms with Gasteiger partial charge in [-0.1, -0.05) is 6.42 Å². The van der Waals surface area contributed by atoms with Crippen molar-refractivity contribution >= 4 is 10.0 Å². The van der Waals surface area contributed by atoms with Crippen LogP contribution in [0.15, 0.2) is 23.1 Å². The first-order chi connectivity index (χ1) is 10.4. The quantitative estimate of drug-likeness (QED) is 0.803. The van der Waals surface area contributed by atoms with Gasteiger partial charge >= 0.3 is 0 Å². The number of methoxy groups -OCH3 is 1. The lowest BCUT2D eigenvalue weighted by Gasteiger charge is -2.28. The van der Waals surface area contributed by atoms with Crippen LogP contribution >= 0.6 is 0 Å². The highest BCUT2D eigenvalue weighted by atomic mass is 32.2. The number of benzene rings is 1. The zero-order chi connectivity index (χ0) is 16.2. The fourth-order valence-corrected chi connectivity index (χ4v) is 4.16. The Labute approximate surface area is 133 Å². The molecule has 22 heavy (non-hydrogen) atoms. The highest BCUT2D eigenvalue weighted by Crippen LogP contribution is 2.23. The molecule has 1 saturated heterocycles. The second-order valence-corrected chi connectivity index (χ2v) is 7.87. The normalized spacial score (nSPS) is 16.9. The van der Waals surface area contributed by atoms with Gasteiger partial charge in [0.2, 0.25) is 10.0 Å². The van der Waals surface area contributed by atoms with Crippen molar-refractivity contribution in [3.8, 4) is 5.75 Å². The molecule has 0 saturated carbocycles. The molecule has 1 aromatic carbocycles. The van der Waals surface area contributed by atoms with Crippen LogP contribution in [0.5, 0.6) is 5.75 Å². The summed E-state index contributed by atoms with van der Waals surface area (Å²) in [5, 5.41) is 0. The minimum Gasteiger partial charge on any atom is -0.497 e. The fraction of sp³-hybridized carbons (Fsp3) is 0.625. The van der Waals surface area contributed by atoms with Gasteiger partial charge in [0, 0.05) is 20.1 Å². The van der Waals surface area contributed by atoms with E-state index in [-0.39, 0.29) is 0 Å². The summed E-state index contributed by atoms with van der Waals surface area (Å²) in [5.74, 6) is 0.674. The number of likely N-dealkylation sites (N-methyl/N-ethyl adjacent to an activating group) is 1. The lowest BCUT2D eigenvalue weighted by molar-refractivity contribution is 0.218. The minimum absolute atomic E-state index is 0.356. The summed E-state index contributed by atoms with van der Waals surface area (Å²) in [5.41, 5.74) is 0.712. The molecule has 0 N–H and O–H groups in total. The molecular weight excluding hydrogens is 300 g/mol. The standard InChI is InChI=1S/C16H26N2O3S/c1-14-13-15(21-3)7-8-16(14)22(19,20)17(2)11-12-18-9-5-4-6-10-18/h7-8,13H,4-6,9-12H2,1-3H3. The molecule has 5 nitrogen and oxygen atoms in total. The first kappa shape index (κ1) is 17.2. The van der Waals surface area contributed by atoms with E-state index < -0.39 is 10.0 Å². The van der Waals surface area contributed by atoms with Crippen molar-refractivity contribution in [1.29, 1.82) is 0 Å². The summed E-state index contributed by atoms with van der Waals surface area (Å²) in [7, 11) is -0.212. The van der Waals surface area contributed by atoms with Crippen LogP contribution < -0.4 is 4.74 Å². The maximum Gasteiger partial charge on any atom is 0.243 e. The summed E-state index contributed by atoms with van der Waals surface area (Å²) in [6.45, 7) is 5.28. The Morgan fingerprint density at radius 1 is 1.23 bits per heavy atom. The van der Waals surface area contributed by atoms with Gasteiger partial charge in [0.15, 0.2) is 0 Å². The van der Waals surface area contributed by atoms with Crippen molar-refractivity contribution in [2.75, 3.05) is 40.3 Å². The van der Waals surface area contributed by atoms with Crippen LogP contribution in [0, 0.1) is 6.92 Å². The van der Waals surface area contributed by atoms with Crippen molar-refractivity contribution in [1.82, 2.24) is 9.21 Å². The summed E-state index contributed by atoms with van der Waals surface area (Å²) in [6, 6.07) is 5.07. The summed E-state index contributed by atoms with van der Waals surface area (Å²) in [6.07, 6.45) is 3.72. The Morgan fingerprint density at radius 3 is 2.50 bits per heavy atom. The Hall–Kier alpha value is -1.11. The molecule has 1 fully saturated rings. The lowest BCUT2D eigenvalue weighted by Crippen LogP contribution is -2.38. The van der Waals surface area contributed by atoms with Gasteiger partial charge in [-0.05, 0) is 56.6 Å². The first-order valence-electron chi connectivity index (χ1n) is 7.78. The Balaban J connectivity index is 2.05. The topological polar surface area (TPSA) is 49.9 Å². The van der Waals surface area contributed by atoms with Gasteiger partial charge in [-0.25, -0.2) is 8.42 Å². The molecule has 0 aromatic heterocycles. The van der Waals surface area contributed by atoms with E-state index >= 15 is 0 Å². The van der Waals surface area contributed by atoms with E-state index in [9.17, 15) is 8.42 Å². The highest BCUT2D eigenvalue weighted by Gasteiger charge is 2.23. The number of hydrogen-bond acceptors (Lipinski definition) is 4. The van der Waals surface area contributed by atoms with E-state index in [4.69, 9.17) is 4.74 Å². The maximum absolute atomic E-state index is 12.7. The van der Waals surface area contributed by atoms with Crippen LogP contribution in [0.3, 0.4) is 0 Å². The number of likely N-dealkylation sites (tertiary alicyclic amines) is 1. The molecule has 0 spiro atoms. The second-order valence-electron chi connectivity index (χ2n) is 5.86. The van der Waals surface area contributed by atoms with Gasteiger partial charge in [-0.3, -0.25) is 0 Å². The van der Waals surface area contributed by atoms with Crippen LogP contribution in [0.4, 0.5) is 0 Å². The zero-order valence-corrected chi connectivity index (χ0v) is 14.5. The average Bonchev–Trinajstić information content (AvgIpc) is 2.53. The minimum atomic E-state index is -3.44. The van der Waals surface area contributed by atoms with Crippen LogP contribution in [0.1, 0.15) is 24.8 Å². The smallest absolute Gasteiger partial charge is 0.243 e. The molecule has 0 bridgehead atoms. The van der Waals surface area contributed by atoms with Crippen LogP contribution in [0.25, 0.3) is 0 Å². The SMILES string of the molecule is COc1ccc(S(=O)(=O)N(C)CCN2CCCCC2)c(C)c1. The molecule has 1 heterocycles. The van der Waals surface area contributed by atoms with E-state index in [0.29, 0.717) is 22.8 Å². The molecule has 1 aliphatic rings. The van der Waals surface area contributed by atoms with Crippen molar-refractivity contribution in [2.24, 2.45) is 0 Å². The number of ether oxygens (including phenoxy) is 1. The van der Waals surface area contributed by atoms with Crippen molar-refractivity contribution < 1.29 is 13.2 Å². The van der Waals surface area contributed by atoms with Gasteiger partial charge in [0.05, 0.1) is 12.0 Å². The summed E-state index contributed by atoms with van der Waals surface area (Å²) in [4.78, 5) is 2.70. The maximum atomic E-state index is 12.7. The monoisotopic (exact) mass is 326 g/mol. The molecule has 6 heteroatoms. The van der Waals surface area contributed by atoms with E-state index in [2.05, 4.69) is 4.90 Å². The fourth-order valence-electron chi connectivity index (χ4n) is 2.79. The molecule has 1 aromatic rings. The van der Waals surface area contributed by atoms with Gasteiger partial charge in [0.1, 0.15) is 5.75 Å². The van der Waals surface area contributed by atoms with Crippen LogP contribution in [0.2, 0.25) is 0 Å². The number of aryl methyl sites for hydroxylation is 1. The second kappa shape index (κ2) is 7.44. The van der Waals surface area contributed by atoms with Gasteiger partial charge < -0.3 is 9.64 Å². The van der Waals surface area contributed by atoms with Crippen molar-refractivity contribution in [3.05, 3.63) is 23.8 Å². The molecule has 0 unspecified atom stereocenters. The predicted molar refractivity (Wildman–Crippen MR) is 87.8 cm³/mol. The number of nitrogens with zero attached hydrogens (tertiary/aromatic N) is 2. The largest absolute Gasteiger partial charge is 0.497 e. The van der Waals surface area contributed by atoms with Gasteiger partial charge in [0.25, 0.3) is 0 Å². The predicted octanol–water partition coefficient (Wildman–Crippen LogP) is 2.11. The summed E-state index contributed by atoms with van der Waals surface area (Å²) < 4.78 is 32.0. The average molecular weight is 326 g/mol. The molecule has 0 radical (unpaired) electrons. The van der Waals surface area contributed by atoms with Crippen LogP contribution in [-0.2, 0) is 10.0 Å². The highest BCUT2D eigenvalue weighted by molar-refractivity contribution is 7.89. The zero-order valence-electron chi connectivity index (χ0n) is 13.7. The van der Waals surface area contributed by atoms with Crippen molar-refractivity contribution in [3.63, 3.8) is 0 Å². The van der Waals surface area contributed by atoms with E-state index in [1.807, 2.05) is 0 Å². The number of sulfonamides is 1. The number of piperidine rings is 1. The summed E-state index contributed by atoms with van der Waals surface area (Å²) >= 11 is 0. The van der Waals surface area contributed by atoms with E-state index in [0.717, 1.165) is 19.6 Å². The Morgan fingerprint density at radius 2 is 1.91 bits per heavy atom. The third-order valence-electron chi connectivity index (χ3n) is 4.25. The number of rotatable bonds is 6. The molecule has 0 aliphatic carbocycles. The van der Waals surface area contributed by atoms with E-state index in [1.54, 1.807) is 39.3 Å². The molecule has 124 valence electrons. The Kier molecular flexibility index (Phi) is 5.83. The van der Waals surface area contributed by atoms with Crippen molar-refractivity contribution in [2.45, 2.75) is 31.1 Å². The van der Waals surface area contributed by atoms with E-state index in [1.165, 1.54) is 23.6 Å². The molecule has 1 aliphatic heterocycles. The third-order valence-corrected chi connectivity index (χ3v) is 6.27. The van der Waals surface area contributed by atoms with Gasteiger partial charge in [-0.2, -0.15) is 4.31 Å². The van der Waals surface area contributed by atoms with Crippen LogP contribution in [-0.4, -0.2) is 58.0 Å². The third kappa shape index (κ3) is 4.00. The molecule has 0 atom stereocenters. The molecule has 0 amide bonds. The lowest BCUT2D eigenvalue weighted by atomic mass is 10.1. The Bertz CT molecular complexity index is 595. The number of hydrogen-bond donors (Lipinski definition) is 0. The first-order valence-corrected chi connectivity index (χ1v) is 9.22. The van der Waals surface area contributed by atoms with Gasteiger partial charge in [-0.15, -0.1) is 0 Å². The molecular formula is C16H26N2O3S.